The van der Waals surface area contributed by atoms with E-state index in [1.165, 1.54) is 26.2 Å². The van der Waals surface area contributed by atoms with Gasteiger partial charge in [-0.15, -0.1) is 0 Å². The molecule has 2 aromatic rings. The number of sulfonamides is 1. The fraction of sp³-hybridized carbons (Fsp3) is 0.154. The number of pyridine rings is 1. The van der Waals surface area contributed by atoms with Gasteiger partial charge in [0, 0.05) is 25.9 Å². The molecule has 0 atom stereocenters. The molecule has 0 aliphatic rings. The molecular formula is C13H14N2O3S. The Hall–Kier alpha value is -1.92. The van der Waals surface area contributed by atoms with E-state index in [-0.39, 0.29) is 10.5 Å². The lowest BCUT2D eigenvalue weighted by Crippen LogP contribution is -2.22. The van der Waals surface area contributed by atoms with Crippen LogP contribution in [0.1, 0.15) is 0 Å². The zero-order valence-corrected chi connectivity index (χ0v) is 11.4. The van der Waals surface area contributed by atoms with Crippen molar-refractivity contribution in [1.82, 2.24) is 9.29 Å². The van der Waals surface area contributed by atoms with E-state index in [0.717, 1.165) is 4.31 Å². The van der Waals surface area contributed by atoms with Crippen molar-refractivity contribution in [2.24, 2.45) is 0 Å². The van der Waals surface area contributed by atoms with Crippen LogP contribution >= 0.6 is 0 Å². The first-order valence-electron chi connectivity index (χ1n) is 5.63. The molecule has 1 N–H and O–H groups in total. The van der Waals surface area contributed by atoms with Gasteiger partial charge in [0.05, 0.1) is 4.90 Å². The summed E-state index contributed by atoms with van der Waals surface area (Å²) in [4.78, 5) is 14.4. The molecule has 0 radical (unpaired) electrons. The number of aromatic nitrogens is 1. The van der Waals surface area contributed by atoms with E-state index in [4.69, 9.17) is 0 Å². The third kappa shape index (κ3) is 2.59. The van der Waals surface area contributed by atoms with Crippen molar-refractivity contribution in [1.29, 1.82) is 0 Å². The topological polar surface area (TPSA) is 70.2 Å². The van der Waals surface area contributed by atoms with E-state index in [1.807, 2.05) is 0 Å². The number of hydrogen-bond donors (Lipinski definition) is 1. The summed E-state index contributed by atoms with van der Waals surface area (Å²) >= 11 is 0. The van der Waals surface area contributed by atoms with Gasteiger partial charge in [0.25, 0.3) is 5.56 Å². The largest absolute Gasteiger partial charge is 0.329 e. The Morgan fingerprint density at radius 2 is 1.68 bits per heavy atom. The van der Waals surface area contributed by atoms with Crippen LogP contribution in [0.25, 0.3) is 11.1 Å². The van der Waals surface area contributed by atoms with Gasteiger partial charge in [-0.3, -0.25) is 4.79 Å². The molecule has 19 heavy (non-hydrogen) atoms. The third-order valence-electron chi connectivity index (χ3n) is 2.76. The Morgan fingerprint density at radius 3 is 2.21 bits per heavy atom. The van der Waals surface area contributed by atoms with Gasteiger partial charge in [-0.05, 0) is 29.8 Å². The summed E-state index contributed by atoms with van der Waals surface area (Å²) in [5.41, 5.74) is 0.988. The van der Waals surface area contributed by atoms with E-state index >= 15 is 0 Å². The van der Waals surface area contributed by atoms with Crippen LogP contribution in [-0.4, -0.2) is 31.8 Å². The first kappa shape index (κ1) is 13.5. The molecule has 0 saturated carbocycles. The maximum atomic E-state index is 11.9. The van der Waals surface area contributed by atoms with E-state index in [9.17, 15) is 13.2 Å². The highest BCUT2D eigenvalue weighted by Gasteiger charge is 2.16. The minimum atomic E-state index is -3.44. The molecule has 0 saturated heterocycles. The molecule has 1 heterocycles. The highest BCUT2D eigenvalue weighted by Crippen LogP contribution is 2.19. The van der Waals surface area contributed by atoms with Gasteiger partial charge >= 0.3 is 0 Å². The van der Waals surface area contributed by atoms with Crippen molar-refractivity contribution in [3.63, 3.8) is 0 Å². The van der Waals surface area contributed by atoms with Crippen molar-refractivity contribution in [3.05, 3.63) is 52.9 Å². The predicted molar refractivity (Wildman–Crippen MR) is 73.4 cm³/mol. The molecular weight excluding hydrogens is 264 g/mol. The summed E-state index contributed by atoms with van der Waals surface area (Å²) in [7, 11) is -0.484. The van der Waals surface area contributed by atoms with Crippen LogP contribution in [-0.2, 0) is 10.0 Å². The van der Waals surface area contributed by atoms with Crippen LogP contribution < -0.4 is 5.56 Å². The van der Waals surface area contributed by atoms with E-state index in [1.54, 1.807) is 30.5 Å². The Morgan fingerprint density at radius 1 is 1.05 bits per heavy atom. The standard InChI is InChI=1S/C13H14N2O3S/c1-15(2)19(17,18)11-7-5-10(6-8-11)12-4-3-9-14-13(12)16/h3-9H,1-2H3,(H,14,16). The van der Waals surface area contributed by atoms with Crippen molar-refractivity contribution >= 4 is 10.0 Å². The highest BCUT2D eigenvalue weighted by atomic mass is 32.2. The number of nitrogens with zero attached hydrogens (tertiary/aromatic N) is 1. The second kappa shape index (κ2) is 4.99. The summed E-state index contributed by atoms with van der Waals surface area (Å²) in [6.45, 7) is 0. The maximum absolute atomic E-state index is 11.9. The SMILES string of the molecule is CN(C)S(=O)(=O)c1ccc(-c2ccc[nH]c2=O)cc1. The van der Waals surface area contributed by atoms with Gasteiger partial charge in [0.1, 0.15) is 0 Å². The number of nitrogens with one attached hydrogen (secondary N) is 1. The predicted octanol–water partition coefficient (Wildman–Crippen LogP) is 1.29. The van der Waals surface area contributed by atoms with Crippen LogP contribution in [0.3, 0.4) is 0 Å². The first-order valence-corrected chi connectivity index (χ1v) is 7.07. The summed E-state index contributed by atoms with van der Waals surface area (Å²) in [5.74, 6) is 0. The molecule has 0 spiro atoms. The lowest BCUT2D eigenvalue weighted by molar-refractivity contribution is 0.521. The minimum Gasteiger partial charge on any atom is -0.329 e. The number of hydrogen-bond acceptors (Lipinski definition) is 3. The lowest BCUT2D eigenvalue weighted by Gasteiger charge is -2.11. The number of H-pyrrole nitrogens is 1. The van der Waals surface area contributed by atoms with E-state index in [2.05, 4.69) is 4.98 Å². The van der Waals surface area contributed by atoms with Gasteiger partial charge in [0.2, 0.25) is 10.0 Å². The van der Waals surface area contributed by atoms with Gasteiger partial charge in [-0.1, -0.05) is 12.1 Å². The maximum Gasteiger partial charge on any atom is 0.255 e. The molecule has 0 amide bonds. The van der Waals surface area contributed by atoms with Crippen LogP contribution in [0, 0.1) is 0 Å². The van der Waals surface area contributed by atoms with Crippen molar-refractivity contribution < 1.29 is 8.42 Å². The first-order chi connectivity index (χ1) is 8.93. The Balaban J connectivity index is 2.46. The van der Waals surface area contributed by atoms with Crippen molar-refractivity contribution in [2.45, 2.75) is 4.90 Å². The van der Waals surface area contributed by atoms with Crippen molar-refractivity contribution in [2.75, 3.05) is 14.1 Å². The molecule has 0 aliphatic carbocycles. The fourth-order valence-corrected chi connectivity index (χ4v) is 2.57. The van der Waals surface area contributed by atoms with Crippen LogP contribution in [0.15, 0.2) is 52.3 Å². The molecule has 0 aliphatic heterocycles. The number of rotatable bonds is 3. The Bertz CT molecular complexity index is 731. The van der Waals surface area contributed by atoms with Crippen LogP contribution in [0.5, 0.6) is 0 Å². The Labute approximate surface area is 111 Å². The molecule has 6 heteroatoms. The smallest absolute Gasteiger partial charge is 0.255 e. The average Bonchev–Trinajstić information content (AvgIpc) is 2.39. The highest BCUT2D eigenvalue weighted by molar-refractivity contribution is 7.89. The van der Waals surface area contributed by atoms with Crippen LogP contribution in [0.4, 0.5) is 0 Å². The number of benzene rings is 1. The third-order valence-corrected chi connectivity index (χ3v) is 4.59. The zero-order chi connectivity index (χ0) is 14.0. The van der Waals surface area contributed by atoms with Gasteiger partial charge in [-0.25, -0.2) is 12.7 Å². The number of aromatic amines is 1. The molecule has 0 bridgehead atoms. The second-order valence-corrected chi connectivity index (χ2v) is 6.38. The van der Waals surface area contributed by atoms with Gasteiger partial charge in [0.15, 0.2) is 0 Å². The van der Waals surface area contributed by atoms with Gasteiger partial charge in [-0.2, -0.15) is 0 Å². The molecule has 0 unspecified atom stereocenters. The summed E-state index contributed by atoms with van der Waals surface area (Å²) in [5, 5.41) is 0. The summed E-state index contributed by atoms with van der Waals surface area (Å²) < 4.78 is 25.0. The fourth-order valence-electron chi connectivity index (χ4n) is 1.67. The minimum absolute atomic E-state index is 0.202. The average molecular weight is 278 g/mol. The zero-order valence-electron chi connectivity index (χ0n) is 10.6. The van der Waals surface area contributed by atoms with Gasteiger partial charge < -0.3 is 4.98 Å². The van der Waals surface area contributed by atoms with Crippen LogP contribution in [0.2, 0.25) is 0 Å². The molecule has 5 nitrogen and oxygen atoms in total. The summed E-state index contributed by atoms with van der Waals surface area (Å²) in [6, 6.07) is 9.66. The van der Waals surface area contributed by atoms with E-state index < -0.39 is 10.0 Å². The van der Waals surface area contributed by atoms with Crippen molar-refractivity contribution in [3.8, 4) is 11.1 Å². The summed E-state index contributed by atoms with van der Waals surface area (Å²) in [6.07, 6.45) is 1.55. The molecule has 1 aromatic heterocycles. The monoisotopic (exact) mass is 278 g/mol. The van der Waals surface area contributed by atoms with E-state index in [0.29, 0.717) is 11.1 Å². The lowest BCUT2D eigenvalue weighted by atomic mass is 10.1. The molecule has 0 fully saturated rings. The Kier molecular flexibility index (Phi) is 3.55. The molecule has 2 rings (SSSR count). The second-order valence-electron chi connectivity index (χ2n) is 4.22. The molecule has 100 valence electrons. The normalized spacial score (nSPS) is 11.7. The quantitative estimate of drug-likeness (QED) is 0.919. The molecule has 1 aromatic carbocycles.